The van der Waals surface area contributed by atoms with E-state index in [1.807, 2.05) is 13.8 Å². The summed E-state index contributed by atoms with van der Waals surface area (Å²) >= 11 is 0. The lowest BCUT2D eigenvalue weighted by Crippen LogP contribution is -2.38. The van der Waals surface area contributed by atoms with E-state index in [4.69, 9.17) is 5.73 Å². The first-order valence-electron chi connectivity index (χ1n) is 7.03. The summed E-state index contributed by atoms with van der Waals surface area (Å²) in [6, 6.07) is 4.54. The molecule has 0 radical (unpaired) electrons. The van der Waals surface area contributed by atoms with Crippen LogP contribution in [0.4, 0.5) is 18.9 Å². The summed E-state index contributed by atoms with van der Waals surface area (Å²) < 4.78 is 38.5. The van der Waals surface area contributed by atoms with Gasteiger partial charge in [-0.15, -0.1) is 0 Å². The van der Waals surface area contributed by atoms with Crippen LogP contribution < -0.4 is 10.6 Å². The molecule has 1 heterocycles. The molecule has 2 rings (SSSR count). The third kappa shape index (κ3) is 2.92. The smallest absolute Gasteiger partial charge is 0.366 e. The molecule has 0 amide bonds. The normalized spacial score (nSPS) is 18.8. The van der Waals surface area contributed by atoms with Gasteiger partial charge in [0.25, 0.3) is 0 Å². The molecule has 112 valence electrons. The molecule has 1 atom stereocenters. The number of anilines is 1. The molecule has 2 N–H and O–H groups in total. The zero-order valence-corrected chi connectivity index (χ0v) is 11.9. The van der Waals surface area contributed by atoms with E-state index in [0.29, 0.717) is 6.54 Å². The molecule has 1 aliphatic rings. The predicted octanol–water partition coefficient (Wildman–Crippen LogP) is 3.58. The van der Waals surface area contributed by atoms with Crippen molar-refractivity contribution in [3.05, 3.63) is 29.3 Å². The molecule has 1 aromatic carbocycles. The highest BCUT2D eigenvalue weighted by Gasteiger charge is 2.35. The molecule has 0 bridgehead atoms. The summed E-state index contributed by atoms with van der Waals surface area (Å²) in [7, 11) is 0. The molecule has 0 saturated carbocycles. The average molecular weight is 286 g/mol. The number of nitrogens with zero attached hydrogens (tertiary/aromatic N) is 1. The van der Waals surface area contributed by atoms with E-state index in [2.05, 4.69) is 4.90 Å². The van der Waals surface area contributed by atoms with Crippen molar-refractivity contribution in [3.8, 4) is 0 Å². The molecule has 0 spiro atoms. The van der Waals surface area contributed by atoms with Gasteiger partial charge in [-0.25, -0.2) is 0 Å². The van der Waals surface area contributed by atoms with Crippen molar-refractivity contribution in [1.82, 2.24) is 0 Å². The summed E-state index contributed by atoms with van der Waals surface area (Å²) in [5, 5.41) is 0. The van der Waals surface area contributed by atoms with Gasteiger partial charge in [0.05, 0.1) is 5.56 Å². The van der Waals surface area contributed by atoms with E-state index in [9.17, 15) is 13.2 Å². The van der Waals surface area contributed by atoms with E-state index in [1.54, 1.807) is 6.07 Å². The summed E-state index contributed by atoms with van der Waals surface area (Å²) in [5.74, 6) is 0. The summed E-state index contributed by atoms with van der Waals surface area (Å²) in [6.07, 6.45) is -1.66. The number of benzene rings is 1. The lowest BCUT2D eigenvalue weighted by atomic mass is 10.0. The molecule has 1 aliphatic heterocycles. The predicted molar refractivity (Wildman–Crippen MR) is 74.8 cm³/mol. The van der Waals surface area contributed by atoms with Crippen LogP contribution in [0.1, 0.15) is 37.8 Å². The maximum atomic E-state index is 12.8. The Morgan fingerprint density at radius 2 is 2.05 bits per heavy atom. The second kappa shape index (κ2) is 5.64. The standard InChI is InChI=1S/C15H21F3N2/c1-10(2)20-13(4-3-7-19)8-11-5-6-12(9-14(11)20)15(16,17)18/h5-6,9-10,13H,3-4,7-8,19H2,1-2H3. The second-order valence-electron chi connectivity index (χ2n) is 5.63. The first-order valence-corrected chi connectivity index (χ1v) is 7.03. The van der Waals surface area contributed by atoms with E-state index in [0.717, 1.165) is 30.5 Å². The van der Waals surface area contributed by atoms with Crippen molar-refractivity contribution in [2.24, 2.45) is 5.73 Å². The lowest BCUT2D eigenvalue weighted by Gasteiger charge is -2.32. The third-order valence-corrected chi connectivity index (χ3v) is 3.84. The Kier molecular flexibility index (Phi) is 4.28. The van der Waals surface area contributed by atoms with Crippen LogP contribution in [0, 0.1) is 0 Å². The first-order chi connectivity index (χ1) is 9.34. The number of fused-ring (bicyclic) bond motifs is 1. The minimum atomic E-state index is -4.28. The van der Waals surface area contributed by atoms with Crippen molar-refractivity contribution in [2.45, 2.75) is 51.4 Å². The zero-order chi connectivity index (χ0) is 14.9. The molecule has 1 aromatic rings. The molecule has 0 saturated heterocycles. The molecule has 20 heavy (non-hydrogen) atoms. The highest BCUT2D eigenvalue weighted by atomic mass is 19.4. The molecule has 0 aromatic heterocycles. The van der Waals surface area contributed by atoms with Crippen molar-refractivity contribution in [1.29, 1.82) is 0 Å². The van der Waals surface area contributed by atoms with Crippen molar-refractivity contribution in [3.63, 3.8) is 0 Å². The van der Waals surface area contributed by atoms with Crippen LogP contribution in [0.2, 0.25) is 0 Å². The van der Waals surface area contributed by atoms with E-state index >= 15 is 0 Å². The number of nitrogens with two attached hydrogens (primary N) is 1. The topological polar surface area (TPSA) is 29.3 Å². The maximum absolute atomic E-state index is 12.8. The van der Waals surface area contributed by atoms with Crippen LogP contribution >= 0.6 is 0 Å². The van der Waals surface area contributed by atoms with Gasteiger partial charge in [-0.3, -0.25) is 0 Å². The number of rotatable bonds is 4. The van der Waals surface area contributed by atoms with Gasteiger partial charge in [0.15, 0.2) is 0 Å². The number of hydrogen-bond acceptors (Lipinski definition) is 2. The third-order valence-electron chi connectivity index (χ3n) is 3.84. The zero-order valence-electron chi connectivity index (χ0n) is 11.9. The molecular formula is C15H21F3N2. The molecule has 2 nitrogen and oxygen atoms in total. The Hall–Kier alpha value is -1.23. The first kappa shape index (κ1) is 15.2. The van der Waals surface area contributed by atoms with Gasteiger partial charge in [0, 0.05) is 17.8 Å². The number of alkyl halides is 3. The van der Waals surface area contributed by atoms with E-state index in [-0.39, 0.29) is 12.1 Å². The SMILES string of the molecule is CC(C)N1c2cc(C(F)(F)F)ccc2CC1CCCN. The minimum absolute atomic E-state index is 0.183. The summed E-state index contributed by atoms with van der Waals surface area (Å²) in [5.41, 5.74) is 6.72. The highest BCUT2D eigenvalue weighted by Crippen LogP contribution is 2.40. The fraction of sp³-hybridized carbons (Fsp3) is 0.600. The van der Waals surface area contributed by atoms with Crippen LogP contribution in [-0.2, 0) is 12.6 Å². The maximum Gasteiger partial charge on any atom is 0.416 e. The van der Waals surface area contributed by atoms with E-state index < -0.39 is 11.7 Å². The fourth-order valence-corrected chi connectivity index (χ4v) is 3.00. The number of hydrogen-bond donors (Lipinski definition) is 1. The Bertz CT molecular complexity index is 469. The Morgan fingerprint density at radius 1 is 1.35 bits per heavy atom. The van der Waals surface area contributed by atoms with E-state index in [1.165, 1.54) is 12.1 Å². The van der Waals surface area contributed by atoms with Crippen molar-refractivity contribution in [2.75, 3.05) is 11.4 Å². The van der Waals surface area contributed by atoms with Gasteiger partial charge in [-0.1, -0.05) is 6.07 Å². The molecule has 0 aliphatic carbocycles. The largest absolute Gasteiger partial charge is 0.416 e. The monoisotopic (exact) mass is 286 g/mol. The Morgan fingerprint density at radius 3 is 2.60 bits per heavy atom. The average Bonchev–Trinajstić information content (AvgIpc) is 2.72. The molecular weight excluding hydrogens is 265 g/mol. The van der Waals surface area contributed by atoms with Gasteiger partial charge in [0.2, 0.25) is 0 Å². The second-order valence-corrected chi connectivity index (χ2v) is 5.63. The van der Waals surface area contributed by atoms with Crippen LogP contribution in [0.25, 0.3) is 0 Å². The van der Waals surface area contributed by atoms with Gasteiger partial charge in [-0.2, -0.15) is 13.2 Å². The quantitative estimate of drug-likeness (QED) is 0.916. The van der Waals surface area contributed by atoms with Crippen molar-refractivity contribution >= 4 is 5.69 Å². The van der Waals surface area contributed by atoms with Gasteiger partial charge in [-0.05, 0) is 57.4 Å². The minimum Gasteiger partial charge on any atom is -0.366 e. The molecule has 0 fully saturated rings. The van der Waals surface area contributed by atoms with Crippen LogP contribution in [-0.4, -0.2) is 18.6 Å². The van der Waals surface area contributed by atoms with Crippen LogP contribution in [0.15, 0.2) is 18.2 Å². The Balaban J connectivity index is 2.33. The van der Waals surface area contributed by atoms with Crippen molar-refractivity contribution < 1.29 is 13.2 Å². The molecule has 5 heteroatoms. The number of halogens is 3. The van der Waals surface area contributed by atoms with Gasteiger partial charge < -0.3 is 10.6 Å². The van der Waals surface area contributed by atoms with Gasteiger partial charge >= 0.3 is 6.18 Å². The summed E-state index contributed by atoms with van der Waals surface area (Å²) in [4.78, 5) is 2.11. The Labute approximate surface area is 117 Å². The molecule has 1 unspecified atom stereocenters. The highest BCUT2D eigenvalue weighted by molar-refractivity contribution is 5.62. The summed E-state index contributed by atoms with van der Waals surface area (Å²) in [6.45, 7) is 4.65. The van der Waals surface area contributed by atoms with Gasteiger partial charge in [0.1, 0.15) is 0 Å². The van der Waals surface area contributed by atoms with Crippen LogP contribution in [0.5, 0.6) is 0 Å². The van der Waals surface area contributed by atoms with Crippen LogP contribution in [0.3, 0.4) is 0 Å². The fourth-order valence-electron chi connectivity index (χ4n) is 3.00. The lowest BCUT2D eigenvalue weighted by molar-refractivity contribution is -0.137.